The quantitative estimate of drug-likeness (QED) is 0.672. The molecule has 0 unspecified atom stereocenters. The first-order chi connectivity index (χ1) is 13.7. The van der Waals surface area contributed by atoms with Gasteiger partial charge < -0.3 is 10.1 Å². The normalized spacial score (nSPS) is 16.6. The minimum Gasteiger partial charge on any atom is -0.454 e. The Kier molecular flexibility index (Phi) is 6.11. The van der Waals surface area contributed by atoms with Crippen LogP contribution in [0.2, 0.25) is 10.0 Å². The summed E-state index contributed by atoms with van der Waals surface area (Å²) in [6.45, 7) is 0.887. The van der Waals surface area contributed by atoms with E-state index in [0.717, 1.165) is 0 Å². The van der Waals surface area contributed by atoms with Gasteiger partial charge in [-0.1, -0.05) is 35.3 Å². The van der Waals surface area contributed by atoms with E-state index in [9.17, 15) is 18.0 Å². The fraction of sp³-hybridized carbons (Fsp3) is 0.167. The number of nitrogens with one attached hydrogen (secondary N) is 2. The van der Waals surface area contributed by atoms with Crippen LogP contribution in [0.4, 0.5) is 5.69 Å². The highest BCUT2D eigenvalue weighted by molar-refractivity contribution is 7.90. The summed E-state index contributed by atoms with van der Waals surface area (Å²) < 4.78 is 31.4. The predicted molar refractivity (Wildman–Crippen MR) is 109 cm³/mol. The fourth-order valence-electron chi connectivity index (χ4n) is 2.50. The van der Waals surface area contributed by atoms with Gasteiger partial charge in [-0.05, 0) is 37.3 Å². The zero-order valence-corrected chi connectivity index (χ0v) is 17.3. The Hall–Kier alpha value is -2.62. The molecule has 1 aliphatic heterocycles. The van der Waals surface area contributed by atoms with E-state index in [2.05, 4.69) is 15.0 Å². The maximum Gasteiger partial charge on any atom is 0.331 e. The average molecular weight is 456 g/mol. The molecule has 29 heavy (non-hydrogen) atoms. The topological polar surface area (TPSA) is 114 Å². The maximum atomic E-state index is 12.1. The Morgan fingerprint density at radius 3 is 2.62 bits per heavy atom. The number of fused-ring (bicyclic) bond motifs is 1. The smallest absolute Gasteiger partial charge is 0.331 e. The molecule has 8 nitrogen and oxygen atoms in total. The largest absolute Gasteiger partial charge is 0.454 e. The SMILES string of the molecule is C[C@H](N=C1NS(=O)(=O)c2ccccc21)C(=O)OCC(=O)Nc1ccc(Cl)c(Cl)c1. The lowest BCUT2D eigenvalue weighted by molar-refractivity contribution is -0.148. The van der Waals surface area contributed by atoms with Crippen molar-refractivity contribution >= 4 is 56.6 Å². The highest BCUT2D eigenvalue weighted by Gasteiger charge is 2.31. The fourth-order valence-corrected chi connectivity index (χ4v) is 4.04. The molecular weight excluding hydrogens is 441 g/mol. The molecule has 0 saturated carbocycles. The maximum absolute atomic E-state index is 12.1. The number of benzene rings is 2. The number of sulfonamides is 1. The first-order valence-electron chi connectivity index (χ1n) is 8.29. The van der Waals surface area contributed by atoms with E-state index < -0.39 is 34.5 Å². The molecule has 0 spiro atoms. The van der Waals surface area contributed by atoms with Gasteiger partial charge in [-0.15, -0.1) is 0 Å². The zero-order valence-electron chi connectivity index (χ0n) is 15.0. The van der Waals surface area contributed by atoms with Crippen molar-refractivity contribution in [2.75, 3.05) is 11.9 Å². The van der Waals surface area contributed by atoms with Crippen molar-refractivity contribution < 1.29 is 22.7 Å². The van der Waals surface area contributed by atoms with Crippen molar-refractivity contribution in [2.45, 2.75) is 17.9 Å². The molecule has 0 fully saturated rings. The summed E-state index contributed by atoms with van der Waals surface area (Å²) in [4.78, 5) is 28.2. The second kappa shape index (κ2) is 8.40. The van der Waals surface area contributed by atoms with Crippen molar-refractivity contribution in [1.29, 1.82) is 0 Å². The summed E-state index contributed by atoms with van der Waals surface area (Å²) in [5.74, 6) is -1.32. The molecule has 1 amide bonds. The average Bonchev–Trinajstić information content (AvgIpc) is 2.93. The minimum atomic E-state index is -3.71. The predicted octanol–water partition coefficient (Wildman–Crippen LogP) is 2.60. The first-order valence-corrected chi connectivity index (χ1v) is 10.5. The number of carbonyl (C=O) groups is 2. The number of hydrogen-bond acceptors (Lipinski definition) is 6. The Morgan fingerprint density at radius 2 is 1.90 bits per heavy atom. The molecule has 0 aromatic heterocycles. The van der Waals surface area contributed by atoms with Gasteiger partial charge in [-0.2, -0.15) is 0 Å². The van der Waals surface area contributed by atoms with E-state index in [1.54, 1.807) is 24.3 Å². The van der Waals surface area contributed by atoms with Crippen LogP contribution in [0.5, 0.6) is 0 Å². The van der Waals surface area contributed by atoms with Crippen LogP contribution >= 0.6 is 23.2 Å². The summed E-state index contributed by atoms with van der Waals surface area (Å²) in [6.07, 6.45) is 0. The zero-order chi connectivity index (χ0) is 21.2. The molecule has 0 radical (unpaired) electrons. The van der Waals surface area contributed by atoms with E-state index in [1.807, 2.05) is 0 Å². The number of hydrogen-bond donors (Lipinski definition) is 2. The highest BCUT2D eigenvalue weighted by Crippen LogP contribution is 2.25. The molecule has 11 heteroatoms. The van der Waals surface area contributed by atoms with Gasteiger partial charge in [0.15, 0.2) is 6.61 Å². The van der Waals surface area contributed by atoms with Gasteiger partial charge in [0.05, 0.1) is 14.9 Å². The van der Waals surface area contributed by atoms with Crippen LogP contribution in [0.15, 0.2) is 52.4 Å². The third-order valence-corrected chi connectivity index (χ3v) is 6.01. The summed E-state index contributed by atoms with van der Waals surface area (Å²) in [7, 11) is -3.71. The first kappa shape index (κ1) is 21.1. The molecule has 152 valence electrons. The Balaban J connectivity index is 1.60. The van der Waals surface area contributed by atoms with Crippen LogP contribution in [0.3, 0.4) is 0 Å². The van der Waals surface area contributed by atoms with Crippen molar-refractivity contribution in [1.82, 2.24) is 4.72 Å². The van der Waals surface area contributed by atoms with E-state index in [4.69, 9.17) is 27.9 Å². The molecule has 2 aromatic rings. The van der Waals surface area contributed by atoms with Crippen molar-refractivity contribution in [3.8, 4) is 0 Å². The second-order valence-electron chi connectivity index (χ2n) is 6.04. The van der Waals surface area contributed by atoms with Crippen LogP contribution < -0.4 is 10.0 Å². The van der Waals surface area contributed by atoms with Gasteiger partial charge in [-0.25, -0.2) is 13.2 Å². The van der Waals surface area contributed by atoms with Crippen LogP contribution in [-0.2, 0) is 24.3 Å². The molecule has 2 N–H and O–H groups in total. The van der Waals surface area contributed by atoms with Gasteiger partial charge >= 0.3 is 5.97 Å². The van der Waals surface area contributed by atoms with Crippen molar-refractivity contribution in [3.05, 3.63) is 58.1 Å². The lowest BCUT2D eigenvalue weighted by Crippen LogP contribution is -2.28. The standard InChI is InChI=1S/C18H15Cl2N3O5S/c1-10(21-17-12-4-2-3-5-15(12)29(26,27)23-17)18(25)28-9-16(24)22-11-6-7-13(19)14(20)8-11/h2-8,10H,9H2,1H3,(H,21,23)(H,22,24)/t10-/m0/s1. The van der Waals surface area contributed by atoms with Crippen molar-refractivity contribution in [2.24, 2.45) is 4.99 Å². The number of esters is 1. The van der Waals surface area contributed by atoms with Gasteiger partial charge in [0.2, 0.25) is 0 Å². The van der Waals surface area contributed by atoms with Gasteiger partial charge in [0.25, 0.3) is 15.9 Å². The van der Waals surface area contributed by atoms with E-state index in [0.29, 0.717) is 16.3 Å². The number of amides is 1. The van der Waals surface area contributed by atoms with Crippen LogP contribution in [0.1, 0.15) is 12.5 Å². The molecule has 1 atom stereocenters. The van der Waals surface area contributed by atoms with E-state index >= 15 is 0 Å². The van der Waals surface area contributed by atoms with Crippen LogP contribution in [-0.4, -0.2) is 38.8 Å². The van der Waals surface area contributed by atoms with Crippen LogP contribution in [0, 0.1) is 0 Å². The lowest BCUT2D eigenvalue weighted by Gasteiger charge is -2.10. The molecule has 1 heterocycles. The number of aliphatic imine (C=N–C) groups is 1. The summed E-state index contributed by atoms with van der Waals surface area (Å²) in [6, 6.07) is 9.76. The van der Waals surface area contributed by atoms with Crippen LogP contribution in [0.25, 0.3) is 0 Å². The molecule has 0 bridgehead atoms. The molecule has 1 aliphatic rings. The number of rotatable bonds is 5. The number of amidine groups is 1. The minimum absolute atomic E-state index is 0.0466. The molecule has 3 rings (SSSR count). The third-order valence-electron chi connectivity index (χ3n) is 3.88. The molecular formula is C18H15Cl2N3O5S. The lowest BCUT2D eigenvalue weighted by atomic mass is 10.2. The third kappa shape index (κ3) is 4.87. The van der Waals surface area contributed by atoms with Gasteiger partial charge in [0, 0.05) is 11.3 Å². The molecule has 0 aliphatic carbocycles. The van der Waals surface area contributed by atoms with Gasteiger partial charge in [-0.3, -0.25) is 14.5 Å². The monoisotopic (exact) mass is 455 g/mol. The number of carbonyl (C=O) groups excluding carboxylic acids is 2. The van der Waals surface area contributed by atoms with E-state index in [-0.39, 0.29) is 15.8 Å². The highest BCUT2D eigenvalue weighted by atomic mass is 35.5. The Labute approximate surface area is 176 Å². The number of ether oxygens (including phenoxy) is 1. The van der Waals surface area contributed by atoms with Gasteiger partial charge in [0.1, 0.15) is 11.9 Å². The molecule has 2 aromatic carbocycles. The van der Waals surface area contributed by atoms with Crippen molar-refractivity contribution in [3.63, 3.8) is 0 Å². The number of nitrogens with zero attached hydrogens (tertiary/aromatic N) is 1. The summed E-state index contributed by atoms with van der Waals surface area (Å²) in [5.41, 5.74) is 0.759. The second-order valence-corrected chi connectivity index (χ2v) is 8.51. The Morgan fingerprint density at radius 1 is 1.17 bits per heavy atom. The Bertz CT molecular complexity index is 1120. The number of anilines is 1. The summed E-state index contributed by atoms with van der Waals surface area (Å²) >= 11 is 11.7. The number of halogens is 2. The van der Waals surface area contributed by atoms with E-state index in [1.165, 1.54) is 25.1 Å². The molecule has 0 saturated heterocycles. The summed E-state index contributed by atoms with van der Waals surface area (Å²) in [5, 5.41) is 3.12.